The van der Waals surface area contributed by atoms with Crippen LogP contribution in [-0.4, -0.2) is 53.0 Å². The smallest absolute Gasteiger partial charge is 0.343 e. The summed E-state index contributed by atoms with van der Waals surface area (Å²) in [6.07, 6.45) is -4.38. The Kier molecular flexibility index (Phi) is 5.44. The van der Waals surface area contributed by atoms with E-state index in [0.29, 0.717) is 0 Å². The third-order valence-electron chi connectivity index (χ3n) is 3.43. The topological polar surface area (TPSA) is 109 Å². The van der Waals surface area contributed by atoms with Crippen molar-refractivity contribution in [2.75, 3.05) is 18.1 Å². The Morgan fingerprint density at radius 3 is 2.28 bits per heavy atom. The minimum Gasteiger partial charge on any atom is -0.343 e. The zero-order valence-corrected chi connectivity index (χ0v) is 14.3. The van der Waals surface area contributed by atoms with Crippen LogP contribution < -0.4 is 10.0 Å². The first-order valence-corrected chi connectivity index (χ1v) is 10.4. The monoisotopic (exact) mass is 400 g/mol. The molecule has 1 aliphatic rings. The Bertz CT molecular complexity index is 849. The lowest BCUT2D eigenvalue weighted by Gasteiger charge is -2.12. The number of hydrogen-bond acceptors (Lipinski definition) is 5. The van der Waals surface area contributed by atoms with E-state index in [-0.39, 0.29) is 28.4 Å². The van der Waals surface area contributed by atoms with Crippen molar-refractivity contribution in [2.24, 2.45) is 0 Å². The fraction of sp³-hybridized carbons (Fsp3) is 0.462. The Morgan fingerprint density at radius 2 is 1.80 bits per heavy atom. The molecule has 1 aromatic carbocycles. The zero-order chi connectivity index (χ0) is 18.9. The zero-order valence-electron chi connectivity index (χ0n) is 12.7. The van der Waals surface area contributed by atoms with Gasteiger partial charge in [0.25, 0.3) is 5.91 Å². The number of halogens is 3. The van der Waals surface area contributed by atoms with Gasteiger partial charge < -0.3 is 5.32 Å². The first kappa shape index (κ1) is 19.7. The van der Waals surface area contributed by atoms with E-state index in [1.54, 1.807) is 5.32 Å². The van der Waals surface area contributed by atoms with Crippen LogP contribution >= 0.6 is 0 Å². The number of carbonyl (C=O) groups excluding carboxylic acids is 1. The molecular formula is C13H15F3N2O5S2. The second kappa shape index (κ2) is 6.92. The molecule has 25 heavy (non-hydrogen) atoms. The number of rotatable bonds is 5. The molecule has 1 heterocycles. The molecule has 12 heteroatoms. The maximum absolute atomic E-state index is 12.2. The van der Waals surface area contributed by atoms with Gasteiger partial charge in [-0.25, -0.2) is 21.6 Å². The molecule has 1 amide bonds. The Labute approximate surface area is 142 Å². The molecule has 0 saturated carbocycles. The number of alkyl halides is 3. The summed E-state index contributed by atoms with van der Waals surface area (Å²) in [5.74, 6) is -1.38. The van der Waals surface area contributed by atoms with E-state index in [9.17, 15) is 34.8 Å². The molecule has 2 rings (SSSR count). The number of amides is 1. The highest BCUT2D eigenvalue weighted by Crippen LogP contribution is 2.17. The molecule has 140 valence electrons. The van der Waals surface area contributed by atoms with E-state index < -0.39 is 44.5 Å². The highest BCUT2D eigenvalue weighted by Gasteiger charge is 2.31. The normalized spacial score (nSPS) is 20.4. The van der Waals surface area contributed by atoms with Crippen molar-refractivity contribution in [2.45, 2.75) is 23.5 Å². The minimum atomic E-state index is -4.55. The molecule has 1 aliphatic heterocycles. The summed E-state index contributed by atoms with van der Waals surface area (Å²) < 4.78 is 85.5. The first-order chi connectivity index (χ1) is 11.4. The van der Waals surface area contributed by atoms with Crippen LogP contribution in [0.25, 0.3) is 0 Å². The van der Waals surface area contributed by atoms with Crippen molar-refractivity contribution in [1.29, 1.82) is 0 Å². The van der Waals surface area contributed by atoms with Gasteiger partial charge in [0.1, 0.15) is 6.54 Å². The average Bonchev–Trinajstić information content (AvgIpc) is 2.82. The van der Waals surface area contributed by atoms with Crippen LogP contribution in [0.1, 0.15) is 16.8 Å². The molecule has 0 aliphatic carbocycles. The van der Waals surface area contributed by atoms with E-state index in [0.717, 1.165) is 24.3 Å². The highest BCUT2D eigenvalue weighted by molar-refractivity contribution is 7.92. The SMILES string of the molecule is O=C(NCC(F)(F)F)c1ccc(S(=O)(=O)NC2CCS(=O)(=O)C2)cc1. The summed E-state index contributed by atoms with van der Waals surface area (Å²) in [4.78, 5) is 11.3. The molecule has 2 N–H and O–H groups in total. The lowest BCUT2D eigenvalue weighted by Crippen LogP contribution is -2.35. The second-order valence-corrected chi connectivity index (χ2v) is 9.49. The Balaban J connectivity index is 2.04. The van der Waals surface area contributed by atoms with Crippen molar-refractivity contribution in [3.05, 3.63) is 29.8 Å². The third-order valence-corrected chi connectivity index (χ3v) is 6.73. The molecular weight excluding hydrogens is 385 g/mol. The minimum absolute atomic E-state index is 0.0987. The van der Waals surface area contributed by atoms with E-state index >= 15 is 0 Å². The Morgan fingerprint density at radius 1 is 1.20 bits per heavy atom. The maximum atomic E-state index is 12.2. The van der Waals surface area contributed by atoms with Crippen molar-refractivity contribution < 1.29 is 34.8 Å². The average molecular weight is 400 g/mol. The molecule has 0 aromatic heterocycles. The van der Waals surface area contributed by atoms with Crippen molar-refractivity contribution >= 4 is 25.8 Å². The van der Waals surface area contributed by atoms with Gasteiger partial charge in [-0.1, -0.05) is 0 Å². The van der Waals surface area contributed by atoms with Crippen LogP contribution in [-0.2, 0) is 19.9 Å². The molecule has 0 radical (unpaired) electrons. The van der Waals surface area contributed by atoms with E-state index in [2.05, 4.69) is 4.72 Å². The van der Waals surface area contributed by atoms with E-state index in [1.807, 2.05) is 0 Å². The molecule has 1 atom stereocenters. The number of hydrogen-bond donors (Lipinski definition) is 2. The van der Waals surface area contributed by atoms with Crippen molar-refractivity contribution in [3.63, 3.8) is 0 Å². The van der Waals surface area contributed by atoms with Crippen LogP contribution in [0.5, 0.6) is 0 Å². The van der Waals surface area contributed by atoms with Crippen molar-refractivity contribution in [1.82, 2.24) is 10.0 Å². The van der Waals surface area contributed by atoms with E-state index in [1.165, 1.54) is 0 Å². The Hall–Kier alpha value is -1.66. The number of benzene rings is 1. The van der Waals surface area contributed by atoms with Gasteiger partial charge in [0, 0.05) is 11.6 Å². The van der Waals surface area contributed by atoms with Crippen LogP contribution in [0.15, 0.2) is 29.2 Å². The molecule has 0 spiro atoms. The third kappa shape index (κ3) is 5.68. The summed E-state index contributed by atoms with van der Waals surface area (Å²) in [5, 5.41) is 1.67. The molecule has 1 unspecified atom stereocenters. The van der Waals surface area contributed by atoms with Gasteiger partial charge in [0.05, 0.1) is 16.4 Å². The van der Waals surface area contributed by atoms with Crippen LogP contribution in [0, 0.1) is 0 Å². The number of nitrogens with one attached hydrogen (secondary N) is 2. The fourth-order valence-electron chi connectivity index (χ4n) is 2.24. The van der Waals surface area contributed by atoms with Gasteiger partial charge in [0.2, 0.25) is 10.0 Å². The lowest BCUT2D eigenvalue weighted by atomic mass is 10.2. The molecule has 1 saturated heterocycles. The fourth-order valence-corrected chi connectivity index (χ4v) is 5.29. The number of sulfone groups is 1. The predicted molar refractivity (Wildman–Crippen MR) is 82.2 cm³/mol. The van der Waals surface area contributed by atoms with Crippen LogP contribution in [0.2, 0.25) is 0 Å². The van der Waals surface area contributed by atoms with E-state index in [4.69, 9.17) is 0 Å². The standard InChI is InChI=1S/C13H15F3N2O5S2/c14-13(15,16)8-17-12(19)9-1-3-11(4-2-9)25(22,23)18-10-5-6-24(20,21)7-10/h1-4,10,18H,5-8H2,(H,17,19). The maximum Gasteiger partial charge on any atom is 0.405 e. The van der Waals surface area contributed by atoms with Gasteiger partial charge in [0.15, 0.2) is 9.84 Å². The molecule has 0 bridgehead atoms. The van der Waals surface area contributed by atoms with Gasteiger partial charge in [-0.05, 0) is 30.7 Å². The summed E-state index contributed by atoms with van der Waals surface area (Å²) in [5.41, 5.74) is -0.133. The summed E-state index contributed by atoms with van der Waals surface area (Å²) >= 11 is 0. The first-order valence-electron chi connectivity index (χ1n) is 7.06. The van der Waals surface area contributed by atoms with Gasteiger partial charge in [-0.2, -0.15) is 13.2 Å². The molecule has 1 aromatic rings. The predicted octanol–water partition coefficient (Wildman–Crippen LogP) is 0.444. The second-order valence-electron chi connectivity index (χ2n) is 5.54. The highest BCUT2D eigenvalue weighted by atomic mass is 32.2. The largest absolute Gasteiger partial charge is 0.405 e. The van der Waals surface area contributed by atoms with Gasteiger partial charge >= 0.3 is 6.18 Å². The number of carbonyl (C=O) groups is 1. The van der Waals surface area contributed by atoms with Gasteiger partial charge in [-0.15, -0.1) is 0 Å². The summed E-state index contributed by atoms with van der Waals surface area (Å²) in [6, 6.07) is 3.55. The molecule has 1 fully saturated rings. The van der Waals surface area contributed by atoms with Crippen LogP contribution in [0.4, 0.5) is 13.2 Å². The quantitative estimate of drug-likeness (QED) is 0.746. The lowest BCUT2D eigenvalue weighted by molar-refractivity contribution is -0.123. The summed E-state index contributed by atoms with van der Waals surface area (Å²) in [7, 11) is -7.26. The number of sulfonamides is 1. The summed E-state index contributed by atoms with van der Waals surface area (Å²) in [6.45, 7) is -1.50. The van der Waals surface area contributed by atoms with Crippen LogP contribution in [0.3, 0.4) is 0 Å². The van der Waals surface area contributed by atoms with Crippen molar-refractivity contribution in [3.8, 4) is 0 Å². The molecule has 7 nitrogen and oxygen atoms in total. The van der Waals surface area contributed by atoms with Gasteiger partial charge in [-0.3, -0.25) is 4.79 Å².